The number of nitrogens with zero attached hydrogens (tertiary/aromatic N) is 3. The molecule has 3 heteroatoms. The summed E-state index contributed by atoms with van der Waals surface area (Å²) in [5, 5.41) is 8.97. The normalized spacial score (nSPS) is 10.9. The maximum atomic E-state index is 4.52. The van der Waals surface area contributed by atoms with Gasteiger partial charge in [-0.1, -0.05) is 73.7 Å². The first-order chi connectivity index (χ1) is 13.2. The highest BCUT2D eigenvalue weighted by atomic mass is 15.3. The highest BCUT2D eigenvalue weighted by Crippen LogP contribution is 2.28. The van der Waals surface area contributed by atoms with Gasteiger partial charge in [0.1, 0.15) is 5.82 Å². The minimum Gasteiger partial charge on any atom is -0.279 e. The van der Waals surface area contributed by atoms with Gasteiger partial charge in [-0.3, -0.25) is 4.57 Å². The molecule has 1 aromatic heterocycles. The molecule has 1 heterocycles. The Kier molecular flexibility index (Phi) is 4.59. The molecule has 0 fully saturated rings. The first kappa shape index (κ1) is 17.2. The number of aromatic nitrogens is 3. The van der Waals surface area contributed by atoms with Crippen LogP contribution in [0.15, 0.2) is 72.8 Å². The molecule has 0 aliphatic heterocycles. The van der Waals surface area contributed by atoms with Crippen molar-refractivity contribution in [1.82, 2.24) is 14.8 Å². The van der Waals surface area contributed by atoms with E-state index in [1.54, 1.807) is 0 Å². The molecule has 0 saturated carbocycles. The lowest BCUT2D eigenvalue weighted by atomic mass is 10.0. The summed E-state index contributed by atoms with van der Waals surface area (Å²) in [5.74, 6) is 1.87. The molecule has 0 unspecified atom stereocenters. The molecule has 0 atom stereocenters. The second-order valence-corrected chi connectivity index (χ2v) is 6.79. The van der Waals surface area contributed by atoms with E-state index in [0.717, 1.165) is 29.3 Å². The lowest BCUT2D eigenvalue weighted by Crippen LogP contribution is -2.05. The molecular weight excluding hydrogens is 330 g/mol. The van der Waals surface area contributed by atoms with Crippen molar-refractivity contribution in [3.63, 3.8) is 0 Å². The van der Waals surface area contributed by atoms with Gasteiger partial charge in [-0.25, -0.2) is 0 Å². The summed E-state index contributed by atoms with van der Waals surface area (Å²) in [5.41, 5.74) is 7.17. The second-order valence-electron chi connectivity index (χ2n) is 6.79. The van der Waals surface area contributed by atoms with Crippen molar-refractivity contribution in [2.75, 3.05) is 0 Å². The van der Waals surface area contributed by atoms with Crippen LogP contribution in [0.3, 0.4) is 0 Å². The van der Waals surface area contributed by atoms with Crippen LogP contribution in [0, 0.1) is 13.8 Å². The van der Waals surface area contributed by atoms with Gasteiger partial charge in [-0.05, 0) is 42.2 Å². The zero-order chi connectivity index (χ0) is 18.8. The molecule has 0 aliphatic carbocycles. The smallest absolute Gasteiger partial charge is 0.168 e. The van der Waals surface area contributed by atoms with Crippen LogP contribution in [0.5, 0.6) is 0 Å². The lowest BCUT2D eigenvalue weighted by Gasteiger charge is -2.14. The number of rotatable bonds is 4. The molecule has 0 N–H and O–H groups in total. The van der Waals surface area contributed by atoms with Crippen LogP contribution in [-0.2, 0) is 6.42 Å². The quantitative estimate of drug-likeness (QED) is 0.465. The Labute approximate surface area is 160 Å². The van der Waals surface area contributed by atoms with Crippen molar-refractivity contribution in [3.8, 4) is 28.2 Å². The van der Waals surface area contributed by atoms with Gasteiger partial charge in [-0.2, -0.15) is 0 Å². The summed E-state index contributed by atoms with van der Waals surface area (Å²) in [6.07, 6.45) is 0.836. The van der Waals surface area contributed by atoms with E-state index in [1.165, 1.54) is 22.3 Å². The van der Waals surface area contributed by atoms with E-state index in [4.69, 9.17) is 0 Å². The summed E-state index contributed by atoms with van der Waals surface area (Å²) in [6.45, 7) is 6.42. The molecule has 0 radical (unpaired) electrons. The zero-order valence-corrected chi connectivity index (χ0v) is 16.0. The van der Waals surface area contributed by atoms with Gasteiger partial charge in [0.15, 0.2) is 5.82 Å². The van der Waals surface area contributed by atoms with E-state index in [1.807, 2.05) is 6.07 Å². The summed E-state index contributed by atoms with van der Waals surface area (Å²) in [4.78, 5) is 0. The van der Waals surface area contributed by atoms with Crippen molar-refractivity contribution in [2.24, 2.45) is 0 Å². The topological polar surface area (TPSA) is 30.7 Å². The van der Waals surface area contributed by atoms with Crippen LogP contribution in [-0.4, -0.2) is 14.8 Å². The Balaban J connectivity index is 1.81. The molecule has 134 valence electrons. The highest BCUT2D eigenvalue weighted by Gasteiger charge is 2.16. The SMILES string of the molecule is CCc1nnc(-c2ccc(-c3ccccc3)cc2)n1-c1cccc(C)c1C. The average molecular weight is 353 g/mol. The molecule has 0 aliphatic rings. The van der Waals surface area contributed by atoms with Crippen LogP contribution >= 0.6 is 0 Å². The van der Waals surface area contributed by atoms with E-state index in [0.29, 0.717) is 0 Å². The van der Waals surface area contributed by atoms with Gasteiger partial charge >= 0.3 is 0 Å². The van der Waals surface area contributed by atoms with Gasteiger partial charge < -0.3 is 0 Å². The maximum Gasteiger partial charge on any atom is 0.168 e. The van der Waals surface area contributed by atoms with E-state index < -0.39 is 0 Å². The fraction of sp³-hybridized carbons (Fsp3) is 0.167. The van der Waals surface area contributed by atoms with Gasteiger partial charge in [0.05, 0.1) is 5.69 Å². The molecule has 3 nitrogen and oxygen atoms in total. The molecule has 27 heavy (non-hydrogen) atoms. The average Bonchev–Trinajstić information content (AvgIpc) is 3.15. The van der Waals surface area contributed by atoms with Crippen molar-refractivity contribution in [1.29, 1.82) is 0 Å². The molecule has 0 spiro atoms. The van der Waals surface area contributed by atoms with Gasteiger partial charge in [0.25, 0.3) is 0 Å². The van der Waals surface area contributed by atoms with Crippen molar-refractivity contribution in [2.45, 2.75) is 27.2 Å². The molecule has 3 aromatic carbocycles. The first-order valence-electron chi connectivity index (χ1n) is 9.35. The van der Waals surface area contributed by atoms with E-state index in [-0.39, 0.29) is 0 Å². The van der Waals surface area contributed by atoms with Crippen LogP contribution < -0.4 is 0 Å². The van der Waals surface area contributed by atoms with E-state index in [2.05, 4.69) is 102 Å². The number of aryl methyl sites for hydroxylation is 2. The predicted octanol–water partition coefficient (Wildman–Crippen LogP) is 5.78. The number of benzene rings is 3. The Morgan fingerprint density at radius 3 is 2.07 bits per heavy atom. The van der Waals surface area contributed by atoms with Crippen LogP contribution in [0.1, 0.15) is 23.9 Å². The predicted molar refractivity (Wildman–Crippen MR) is 111 cm³/mol. The van der Waals surface area contributed by atoms with Gasteiger partial charge in [0, 0.05) is 12.0 Å². The molecular formula is C24H23N3. The van der Waals surface area contributed by atoms with Crippen LogP contribution in [0.25, 0.3) is 28.2 Å². The number of hydrogen-bond donors (Lipinski definition) is 0. The fourth-order valence-corrected chi connectivity index (χ4v) is 3.41. The Bertz CT molecular complexity index is 1060. The largest absolute Gasteiger partial charge is 0.279 e. The summed E-state index contributed by atoms with van der Waals surface area (Å²) in [7, 11) is 0. The first-order valence-corrected chi connectivity index (χ1v) is 9.35. The van der Waals surface area contributed by atoms with E-state index >= 15 is 0 Å². The summed E-state index contributed by atoms with van der Waals surface area (Å²) < 4.78 is 2.19. The molecule has 0 saturated heterocycles. The standard InChI is InChI=1S/C24H23N3/c1-4-23-25-26-24(27(23)22-12-8-9-17(2)18(22)3)21-15-13-20(14-16-21)19-10-6-5-7-11-19/h5-16H,4H2,1-3H3. The zero-order valence-electron chi connectivity index (χ0n) is 16.0. The highest BCUT2D eigenvalue weighted by molar-refractivity contribution is 5.68. The molecule has 4 aromatic rings. The number of hydrogen-bond acceptors (Lipinski definition) is 2. The third-order valence-electron chi connectivity index (χ3n) is 5.11. The lowest BCUT2D eigenvalue weighted by molar-refractivity contribution is 0.879. The second kappa shape index (κ2) is 7.20. The molecule has 4 rings (SSSR count). The monoisotopic (exact) mass is 353 g/mol. The Hall–Kier alpha value is -3.20. The Morgan fingerprint density at radius 1 is 0.704 bits per heavy atom. The van der Waals surface area contributed by atoms with Crippen molar-refractivity contribution in [3.05, 3.63) is 89.7 Å². The van der Waals surface area contributed by atoms with Crippen molar-refractivity contribution < 1.29 is 0 Å². The minimum absolute atomic E-state index is 0.836. The summed E-state index contributed by atoms with van der Waals surface area (Å²) >= 11 is 0. The van der Waals surface area contributed by atoms with Gasteiger partial charge in [0.2, 0.25) is 0 Å². The van der Waals surface area contributed by atoms with Crippen molar-refractivity contribution >= 4 is 0 Å². The summed E-state index contributed by atoms with van der Waals surface area (Å²) in [6, 6.07) is 25.4. The third kappa shape index (κ3) is 3.17. The van der Waals surface area contributed by atoms with Crippen LogP contribution in [0.2, 0.25) is 0 Å². The van der Waals surface area contributed by atoms with Crippen LogP contribution in [0.4, 0.5) is 0 Å². The van der Waals surface area contributed by atoms with E-state index in [9.17, 15) is 0 Å². The Morgan fingerprint density at radius 2 is 1.37 bits per heavy atom. The molecule has 0 amide bonds. The fourth-order valence-electron chi connectivity index (χ4n) is 3.41. The van der Waals surface area contributed by atoms with Gasteiger partial charge in [-0.15, -0.1) is 10.2 Å². The third-order valence-corrected chi connectivity index (χ3v) is 5.11. The maximum absolute atomic E-state index is 4.52. The molecule has 0 bridgehead atoms. The minimum atomic E-state index is 0.836.